The van der Waals surface area contributed by atoms with E-state index in [9.17, 15) is 4.79 Å². The Morgan fingerprint density at radius 3 is 2.60 bits per heavy atom. The number of rotatable bonds is 3. The van der Waals surface area contributed by atoms with Gasteiger partial charge >= 0.3 is 0 Å². The van der Waals surface area contributed by atoms with Crippen LogP contribution in [0.2, 0.25) is 0 Å². The van der Waals surface area contributed by atoms with Gasteiger partial charge in [0.2, 0.25) is 5.91 Å². The average molecular weight is 288 g/mol. The minimum atomic E-state index is -0.206. The number of nitrogens with one attached hydrogen (secondary N) is 1. The highest BCUT2D eigenvalue weighted by Crippen LogP contribution is 2.24. The molecule has 1 amide bonds. The van der Waals surface area contributed by atoms with E-state index in [-0.39, 0.29) is 16.7 Å². The Labute approximate surface area is 124 Å². The lowest BCUT2D eigenvalue weighted by molar-refractivity contribution is -0.121. The molecule has 2 aromatic rings. The first-order valence-corrected chi connectivity index (χ1v) is 7.57. The maximum Gasteiger partial charge on any atom is 0.233 e. The number of fused-ring (bicyclic) bond motifs is 1. The molecule has 1 N–H and O–H groups in total. The summed E-state index contributed by atoms with van der Waals surface area (Å²) in [6.07, 6.45) is 0. The Morgan fingerprint density at radius 1 is 1.20 bits per heavy atom. The summed E-state index contributed by atoms with van der Waals surface area (Å²) in [5, 5.41) is 4.81. The van der Waals surface area contributed by atoms with E-state index in [2.05, 4.69) is 10.3 Å². The van der Waals surface area contributed by atoms with Gasteiger partial charge in [0.1, 0.15) is 0 Å². The van der Waals surface area contributed by atoms with Gasteiger partial charge in [0.15, 0.2) is 0 Å². The van der Waals surface area contributed by atoms with Crippen molar-refractivity contribution >= 4 is 28.6 Å². The number of benzene rings is 1. The molecule has 0 aliphatic rings. The SMILES string of the molecule is CC(Sc1ccc2ccccc2n1)C(=O)NC(C)(C)C. The predicted molar refractivity (Wildman–Crippen MR) is 85.0 cm³/mol. The molecule has 0 fully saturated rings. The van der Waals surface area contributed by atoms with Crippen LogP contribution >= 0.6 is 11.8 Å². The van der Waals surface area contributed by atoms with E-state index in [1.54, 1.807) is 0 Å². The molecule has 1 atom stereocenters. The van der Waals surface area contributed by atoms with E-state index >= 15 is 0 Å². The van der Waals surface area contributed by atoms with Crippen molar-refractivity contribution in [1.29, 1.82) is 0 Å². The minimum Gasteiger partial charge on any atom is -0.351 e. The molecule has 1 aromatic heterocycles. The number of pyridine rings is 1. The summed E-state index contributed by atoms with van der Waals surface area (Å²) in [6.45, 7) is 7.85. The highest BCUT2D eigenvalue weighted by Gasteiger charge is 2.20. The highest BCUT2D eigenvalue weighted by atomic mass is 32.2. The monoisotopic (exact) mass is 288 g/mol. The molecule has 4 heteroatoms. The lowest BCUT2D eigenvalue weighted by Gasteiger charge is -2.22. The third kappa shape index (κ3) is 3.97. The number of thioether (sulfide) groups is 1. The Balaban J connectivity index is 2.09. The number of para-hydroxylation sites is 1. The number of hydrogen-bond acceptors (Lipinski definition) is 3. The summed E-state index contributed by atoms with van der Waals surface area (Å²) in [4.78, 5) is 16.6. The second-order valence-electron chi connectivity index (χ2n) is 5.84. The van der Waals surface area contributed by atoms with Crippen molar-refractivity contribution < 1.29 is 4.79 Å². The van der Waals surface area contributed by atoms with E-state index in [0.29, 0.717) is 0 Å². The smallest absolute Gasteiger partial charge is 0.233 e. The second kappa shape index (κ2) is 5.83. The number of carbonyl (C=O) groups excluding carboxylic acids is 1. The van der Waals surface area contributed by atoms with Gasteiger partial charge in [-0.2, -0.15) is 0 Å². The number of amides is 1. The zero-order valence-electron chi connectivity index (χ0n) is 12.3. The first-order chi connectivity index (χ1) is 9.35. The lowest BCUT2D eigenvalue weighted by Crippen LogP contribution is -2.44. The van der Waals surface area contributed by atoms with Crippen LogP contribution in [0.1, 0.15) is 27.7 Å². The fourth-order valence-electron chi connectivity index (χ4n) is 1.82. The summed E-state index contributed by atoms with van der Waals surface area (Å²) < 4.78 is 0. The van der Waals surface area contributed by atoms with Crippen LogP contribution in [0.3, 0.4) is 0 Å². The first kappa shape index (κ1) is 14.9. The molecular weight excluding hydrogens is 268 g/mol. The zero-order valence-corrected chi connectivity index (χ0v) is 13.1. The number of carbonyl (C=O) groups is 1. The van der Waals surface area contributed by atoms with Crippen LogP contribution in [-0.4, -0.2) is 21.7 Å². The average Bonchev–Trinajstić information content (AvgIpc) is 2.36. The molecule has 0 aliphatic carbocycles. The fourth-order valence-corrected chi connectivity index (χ4v) is 2.64. The molecule has 0 radical (unpaired) electrons. The molecule has 2 rings (SSSR count). The Hall–Kier alpha value is -1.55. The van der Waals surface area contributed by atoms with E-state index in [4.69, 9.17) is 0 Å². The molecule has 20 heavy (non-hydrogen) atoms. The van der Waals surface area contributed by atoms with Crippen molar-refractivity contribution in [2.75, 3.05) is 0 Å². The van der Waals surface area contributed by atoms with Gasteiger partial charge < -0.3 is 5.32 Å². The van der Waals surface area contributed by atoms with Gasteiger partial charge in [-0.05, 0) is 39.8 Å². The fraction of sp³-hybridized carbons (Fsp3) is 0.375. The Kier molecular flexibility index (Phi) is 4.33. The summed E-state index contributed by atoms with van der Waals surface area (Å²) in [5.74, 6) is 0.0393. The van der Waals surface area contributed by atoms with Crippen molar-refractivity contribution in [1.82, 2.24) is 10.3 Å². The van der Waals surface area contributed by atoms with Gasteiger partial charge in [0.25, 0.3) is 0 Å². The molecule has 1 unspecified atom stereocenters. The zero-order chi connectivity index (χ0) is 14.8. The molecule has 0 bridgehead atoms. The summed E-state index contributed by atoms with van der Waals surface area (Å²) >= 11 is 1.48. The van der Waals surface area contributed by atoms with Crippen molar-refractivity contribution in [2.24, 2.45) is 0 Å². The standard InChI is InChI=1S/C16H20N2OS/c1-11(15(19)18-16(2,3)4)20-14-10-9-12-7-5-6-8-13(12)17-14/h5-11H,1-4H3,(H,18,19). The predicted octanol–water partition coefficient (Wildman–Crippen LogP) is 3.63. The van der Waals surface area contributed by atoms with Crippen LogP contribution in [-0.2, 0) is 4.79 Å². The van der Waals surface area contributed by atoms with Crippen molar-refractivity contribution in [3.8, 4) is 0 Å². The normalized spacial score (nSPS) is 13.2. The van der Waals surface area contributed by atoms with Crippen LogP contribution in [0.4, 0.5) is 0 Å². The Bertz CT molecular complexity index is 619. The van der Waals surface area contributed by atoms with Crippen molar-refractivity contribution in [2.45, 2.75) is 43.5 Å². The first-order valence-electron chi connectivity index (χ1n) is 6.70. The van der Waals surface area contributed by atoms with E-state index in [1.165, 1.54) is 11.8 Å². The lowest BCUT2D eigenvalue weighted by atomic mass is 10.1. The van der Waals surface area contributed by atoms with Crippen LogP contribution < -0.4 is 5.32 Å². The third-order valence-corrected chi connectivity index (χ3v) is 3.77. The number of nitrogens with zero attached hydrogens (tertiary/aromatic N) is 1. The van der Waals surface area contributed by atoms with Crippen LogP contribution in [0.25, 0.3) is 10.9 Å². The van der Waals surface area contributed by atoms with E-state index < -0.39 is 0 Å². The summed E-state index contributed by atoms with van der Waals surface area (Å²) in [7, 11) is 0. The van der Waals surface area contributed by atoms with Gasteiger partial charge in [0.05, 0.1) is 15.8 Å². The molecule has 0 aliphatic heterocycles. The molecule has 0 saturated heterocycles. The second-order valence-corrected chi connectivity index (χ2v) is 7.20. The molecule has 3 nitrogen and oxygen atoms in total. The minimum absolute atomic E-state index is 0.0393. The van der Waals surface area contributed by atoms with Crippen LogP contribution in [0, 0.1) is 0 Å². The van der Waals surface area contributed by atoms with E-state index in [0.717, 1.165) is 15.9 Å². The number of hydrogen-bond donors (Lipinski definition) is 1. The van der Waals surface area contributed by atoms with Gasteiger partial charge in [-0.3, -0.25) is 4.79 Å². The quantitative estimate of drug-likeness (QED) is 0.877. The molecule has 1 heterocycles. The maximum absolute atomic E-state index is 12.1. The third-order valence-electron chi connectivity index (χ3n) is 2.74. The molecule has 0 spiro atoms. The molecule has 106 valence electrons. The number of aromatic nitrogens is 1. The largest absolute Gasteiger partial charge is 0.351 e. The van der Waals surface area contributed by atoms with Gasteiger partial charge in [-0.1, -0.05) is 36.0 Å². The Morgan fingerprint density at radius 2 is 1.90 bits per heavy atom. The molecule has 1 aromatic carbocycles. The van der Waals surface area contributed by atoms with Gasteiger partial charge in [-0.25, -0.2) is 4.98 Å². The maximum atomic E-state index is 12.1. The van der Waals surface area contributed by atoms with Crippen molar-refractivity contribution in [3.05, 3.63) is 36.4 Å². The van der Waals surface area contributed by atoms with E-state index in [1.807, 2.05) is 64.1 Å². The van der Waals surface area contributed by atoms with Crippen LogP contribution in [0.15, 0.2) is 41.4 Å². The molecular formula is C16H20N2OS. The molecule has 0 saturated carbocycles. The summed E-state index contributed by atoms with van der Waals surface area (Å²) in [6, 6.07) is 12.0. The van der Waals surface area contributed by atoms with Crippen LogP contribution in [0.5, 0.6) is 0 Å². The topological polar surface area (TPSA) is 42.0 Å². The highest BCUT2D eigenvalue weighted by molar-refractivity contribution is 8.00. The van der Waals surface area contributed by atoms with Gasteiger partial charge in [0, 0.05) is 10.9 Å². The van der Waals surface area contributed by atoms with Crippen molar-refractivity contribution in [3.63, 3.8) is 0 Å². The van der Waals surface area contributed by atoms with Gasteiger partial charge in [-0.15, -0.1) is 0 Å². The summed E-state index contributed by atoms with van der Waals surface area (Å²) in [5.41, 5.74) is 0.754.